The minimum absolute atomic E-state index is 0.195. The molecule has 0 unspecified atom stereocenters. The standard InChI is InChI=1S/C26H20F5N7O2/c1-14-32-8-7-22(34-14)35-24-21(39-2)11-33-25(36-24)23-16-5-3-4-6-20(16)38(37-23)12-17-18(27)9-15(10-19(17)28)40-13-26(29,30)31/h3-11H,12-13H2,1-2H3,(H,32,33,34,35,36). The predicted octanol–water partition coefficient (Wildman–Crippen LogP) is 5.61. The summed E-state index contributed by atoms with van der Waals surface area (Å²) in [6.45, 7) is -0.297. The number of hydrogen-bond donors (Lipinski definition) is 1. The molecule has 0 fully saturated rings. The van der Waals surface area contributed by atoms with E-state index in [1.54, 1.807) is 43.5 Å². The molecule has 3 aromatic heterocycles. The van der Waals surface area contributed by atoms with Gasteiger partial charge in [0.05, 0.1) is 25.4 Å². The number of halogens is 5. The molecule has 0 atom stereocenters. The molecular weight excluding hydrogens is 537 g/mol. The van der Waals surface area contributed by atoms with Crippen molar-refractivity contribution in [2.45, 2.75) is 19.6 Å². The average molecular weight is 557 g/mol. The first-order valence-electron chi connectivity index (χ1n) is 11.7. The second-order valence-corrected chi connectivity index (χ2v) is 8.52. The van der Waals surface area contributed by atoms with Crippen LogP contribution in [0.15, 0.2) is 54.9 Å². The lowest BCUT2D eigenvalue weighted by molar-refractivity contribution is -0.153. The predicted molar refractivity (Wildman–Crippen MR) is 134 cm³/mol. The molecule has 0 saturated heterocycles. The van der Waals surface area contributed by atoms with Gasteiger partial charge in [0, 0.05) is 29.3 Å². The van der Waals surface area contributed by atoms with E-state index in [0.717, 1.165) is 0 Å². The van der Waals surface area contributed by atoms with E-state index >= 15 is 0 Å². The van der Waals surface area contributed by atoms with Crippen LogP contribution in [0, 0.1) is 18.6 Å². The van der Waals surface area contributed by atoms with Gasteiger partial charge in [-0.1, -0.05) is 18.2 Å². The number of fused-ring (bicyclic) bond motifs is 1. The zero-order valence-corrected chi connectivity index (χ0v) is 21.0. The molecule has 0 bridgehead atoms. The van der Waals surface area contributed by atoms with Crippen LogP contribution in [-0.2, 0) is 6.54 Å². The van der Waals surface area contributed by atoms with Crippen LogP contribution in [0.25, 0.3) is 22.4 Å². The van der Waals surface area contributed by atoms with Crippen LogP contribution in [0.2, 0.25) is 0 Å². The van der Waals surface area contributed by atoms with E-state index < -0.39 is 35.7 Å². The second-order valence-electron chi connectivity index (χ2n) is 8.52. The third kappa shape index (κ3) is 5.75. The monoisotopic (exact) mass is 557 g/mol. The summed E-state index contributed by atoms with van der Waals surface area (Å²) in [4.78, 5) is 17.3. The highest BCUT2D eigenvalue weighted by Crippen LogP contribution is 2.31. The molecule has 1 N–H and O–H groups in total. The summed E-state index contributed by atoms with van der Waals surface area (Å²) in [6, 6.07) is 10.0. The van der Waals surface area contributed by atoms with Gasteiger partial charge >= 0.3 is 6.18 Å². The van der Waals surface area contributed by atoms with Crippen molar-refractivity contribution in [2.75, 3.05) is 19.0 Å². The zero-order chi connectivity index (χ0) is 28.4. The van der Waals surface area contributed by atoms with Gasteiger partial charge in [-0.3, -0.25) is 4.68 Å². The number of para-hydroxylation sites is 1. The highest BCUT2D eigenvalue weighted by molar-refractivity contribution is 5.92. The van der Waals surface area contributed by atoms with Crippen LogP contribution in [0.3, 0.4) is 0 Å². The fourth-order valence-corrected chi connectivity index (χ4v) is 3.91. The van der Waals surface area contributed by atoms with Gasteiger partial charge in [-0.15, -0.1) is 0 Å². The summed E-state index contributed by atoms with van der Waals surface area (Å²) in [5.41, 5.74) is 0.441. The number of anilines is 2. The molecule has 40 heavy (non-hydrogen) atoms. The Morgan fingerprint density at radius 2 is 1.75 bits per heavy atom. The second kappa shape index (κ2) is 10.7. The summed E-state index contributed by atoms with van der Waals surface area (Å²) < 4.78 is 78.2. The first-order chi connectivity index (χ1) is 19.1. The normalized spacial score (nSPS) is 11.6. The smallest absolute Gasteiger partial charge is 0.422 e. The Hall–Kier alpha value is -4.88. The maximum absolute atomic E-state index is 14.8. The number of nitrogens with zero attached hydrogens (tertiary/aromatic N) is 6. The largest absolute Gasteiger partial charge is 0.491 e. The Morgan fingerprint density at radius 3 is 2.45 bits per heavy atom. The van der Waals surface area contributed by atoms with Gasteiger partial charge in [0.1, 0.15) is 34.7 Å². The third-order valence-corrected chi connectivity index (χ3v) is 5.69. The van der Waals surface area contributed by atoms with E-state index in [1.165, 1.54) is 18.0 Å². The summed E-state index contributed by atoms with van der Waals surface area (Å²) in [5.74, 6) is -0.886. The summed E-state index contributed by atoms with van der Waals surface area (Å²) in [6.07, 6.45) is -1.62. The van der Waals surface area contributed by atoms with Crippen LogP contribution < -0.4 is 14.8 Å². The molecule has 0 spiro atoms. The SMILES string of the molecule is COc1cnc(-c2nn(Cc3c(F)cc(OCC(F)(F)F)cc3F)c3ccccc23)nc1Nc1ccnc(C)n1. The molecule has 0 aliphatic carbocycles. The molecule has 0 aliphatic heterocycles. The van der Waals surface area contributed by atoms with E-state index in [1.807, 2.05) is 0 Å². The van der Waals surface area contributed by atoms with Crippen molar-refractivity contribution in [3.8, 4) is 23.0 Å². The minimum Gasteiger partial charge on any atom is -0.491 e. The molecule has 3 heterocycles. The fourth-order valence-electron chi connectivity index (χ4n) is 3.91. The van der Waals surface area contributed by atoms with E-state index in [9.17, 15) is 22.0 Å². The summed E-state index contributed by atoms with van der Waals surface area (Å²) in [7, 11) is 1.46. The number of ether oxygens (including phenoxy) is 2. The molecule has 9 nitrogen and oxygen atoms in total. The third-order valence-electron chi connectivity index (χ3n) is 5.69. The van der Waals surface area contributed by atoms with Crippen LogP contribution in [0.5, 0.6) is 11.5 Å². The number of benzene rings is 2. The zero-order valence-electron chi connectivity index (χ0n) is 21.0. The molecular formula is C26H20F5N7O2. The van der Waals surface area contributed by atoms with Crippen molar-refractivity contribution < 1.29 is 31.4 Å². The first-order valence-corrected chi connectivity index (χ1v) is 11.7. The Bertz CT molecular complexity index is 1670. The first kappa shape index (κ1) is 26.7. The maximum atomic E-state index is 14.8. The van der Waals surface area contributed by atoms with Crippen molar-refractivity contribution >= 4 is 22.5 Å². The van der Waals surface area contributed by atoms with Crippen molar-refractivity contribution in [1.82, 2.24) is 29.7 Å². The number of rotatable bonds is 8. The van der Waals surface area contributed by atoms with E-state index in [4.69, 9.17) is 4.74 Å². The summed E-state index contributed by atoms with van der Waals surface area (Å²) in [5, 5.41) is 8.20. The van der Waals surface area contributed by atoms with Crippen molar-refractivity contribution in [3.05, 3.63) is 77.9 Å². The van der Waals surface area contributed by atoms with Gasteiger partial charge in [0.2, 0.25) is 0 Å². The Balaban J connectivity index is 1.51. The molecule has 5 rings (SSSR count). The van der Waals surface area contributed by atoms with Crippen molar-refractivity contribution in [2.24, 2.45) is 0 Å². The Kier molecular flexibility index (Phi) is 7.15. The van der Waals surface area contributed by atoms with Crippen LogP contribution >= 0.6 is 0 Å². The lowest BCUT2D eigenvalue weighted by Gasteiger charge is -2.12. The lowest BCUT2D eigenvalue weighted by Crippen LogP contribution is -2.19. The number of aromatic nitrogens is 6. The van der Waals surface area contributed by atoms with E-state index in [-0.39, 0.29) is 12.4 Å². The fraction of sp³-hybridized carbons (Fsp3) is 0.192. The number of methoxy groups -OCH3 is 1. The van der Waals surface area contributed by atoms with Gasteiger partial charge in [0.15, 0.2) is 24.0 Å². The van der Waals surface area contributed by atoms with Crippen LogP contribution in [-0.4, -0.2) is 49.6 Å². The highest BCUT2D eigenvalue weighted by Gasteiger charge is 2.29. The van der Waals surface area contributed by atoms with Gasteiger partial charge in [0.25, 0.3) is 0 Å². The van der Waals surface area contributed by atoms with Crippen LogP contribution in [0.4, 0.5) is 33.6 Å². The van der Waals surface area contributed by atoms with Gasteiger partial charge < -0.3 is 14.8 Å². The molecule has 0 radical (unpaired) electrons. The molecule has 206 valence electrons. The average Bonchev–Trinajstić information content (AvgIpc) is 3.27. The number of alkyl halides is 3. The lowest BCUT2D eigenvalue weighted by atomic mass is 10.1. The molecule has 14 heteroatoms. The number of aryl methyl sites for hydroxylation is 1. The molecule has 5 aromatic rings. The molecule has 0 amide bonds. The van der Waals surface area contributed by atoms with Gasteiger partial charge in [-0.25, -0.2) is 28.7 Å². The quantitative estimate of drug-likeness (QED) is 0.246. The Morgan fingerprint density at radius 1 is 1.00 bits per heavy atom. The maximum Gasteiger partial charge on any atom is 0.422 e. The van der Waals surface area contributed by atoms with E-state index in [2.05, 4.69) is 35.1 Å². The van der Waals surface area contributed by atoms with Crippen molar-refractivity contribution in [1.29, 1.82) is 0 Å². The molecule has 2 aromatic carbocycles. The van der Waals surface area contributed by atoms with Gasteiger partial charge in [-0.2, -0.15) is 18.3 Å². The van der Waals surface area contributed by atoms with Crippen LogP contribution in [0.1, 0.15) is 11.4 Å². The van der Waals surface area contributed by atoms with E-state index in [0.29, 0.717) is 51.9 Å². The van der Waals surface area contributed by atoms with Crippen molar-refractivity contribution in [3.63, 3.8) is 0 Å². The molecule has 0 saturated carbocycles. The number of nitrogens with one attached hydrogen (secondary N) is 1. The minimum atomic E-state index is -4.65. The topological polar surface area (TPSA) is 99.9 Å². The number of hydrogen-bond acceptors (Lipinski definition) is 8. The highest BCUT2D eigenvalue weighted by atomic mass is 19.4. The molecule has 0 aliphatic rings. The summed E-state index contributed by atoms with van der Waals surface area (Å²) >= 11 is 0. The van der Waals surface area contributed by atoms with Gasteiger partial charge in [-0.05, 0) is 19.1 Å². The Labute approximate surface area is 223 Å².